The second kappa shape index (κ2) is 8.13. The molecule has 0 radical (unpaired) electrons. The molecule has 7 heteroatoms. The van der Waals surface area contributed by atoms with Crippen molar-refractivity contribution in [1.29, 1.82) is 0 Å². The lowest BCUT2D eigenvalue weighted by molar-refractivity contribution is -0.120. The smallest absolute Gasteiger partial charge is 0.387 e. The number of ether oxygens (including phenoxy) is 1. The van der Waals surface area contributed by atoms with Crippen LogP contribution in [0.4, 0.5) is 8.78 Å². The molecule has 0 bridgehead atoms. The van der Waals surface area contributed by atoms with E-state index in [0.717, 1.165) is 0 Å². The Morgan fingerprint density at radius 2 is 1.87 bits per heavy atom. The van der Waals surface area contributed by atoms with Crippen molar-refractivity contribution >= 4 is 29.1 Å². The monoisotopic (exact) mass is 359 g/mol. The largest absolute Gasteiger partial charge is 0.434 e. The van der Waals surface area contributed by atoms with Crippen LogP contribution in [0.25, 0.3) is 0 Å². The van der Waals surface area contributed by atoms with Crippen molar-refractivity contribution in [3.05, 3.63) is 63.6 Å². The van der Waals surface area contributed by atoms with E-state index in [1.165, 1.54) is 6.07 Å². The minimum atomic E-state index is -2.92. The molecule has 3 nitrogen and oxygen atoms in total. The highest BCUT2D eigenvalue weighted by molar-refractivity contribution is 6.35. The van der Waals surface area contributed by atoms with E-state index in [0.29, 0.717) is 21.2 Å². The summed E-state index contributed by atoms with van der Waals surface area (Å²) in [6.45, 7) is -2.84. The Labute approximate surface area is 142 Å². The van der Waals surface area contributed by atoms with Crippen LogP contribution in [0.15, 0.2) is 42.5 Å². The SMILES string of the molecule is O=C(Cc1ccc(Cl)cc1Cl)NCc1ccccc1OC(F)F. The molecule has 2 aromatic rings. The molecule has 0 saturated heterocycles. The minimum Gasteiger partial charge on any atom is -0.434 e. The fourth-order valence-electron chi connectivity index (χ4n) is 1.96. The Morgan fingerprint density at radius 3 is 2.57 bits per heavy atom. The molecule has 2 aromatic carbocycles. The maximum atomic E-state index is 12.3. The molecular weight excluding hydrogens is 347 g/mol. The highest BCUT2D eigenvalue weighted by Gasteiger charge is 2.11. The van der Waals surface area contributed by atoms with Gasteiger partial charge in [-0.15, -0.1) is 0 Å². The number of benzene rings is 2. The van der Waals surface area contributed by atoms with Gasteiger partial charge in [0, 0.05) is 22.2 Å². The molecule has 0 spiro atoms. The first kappa shape index (κ1) is 17.5. The molecule has 1 amide bonds. The lowest BCUT2D eigenvalue weighted by Gasteiger charge is -2.11. The number of carbonyl (C=O) groups is 1. The predicted molar refractivity (Wildman–Crippen MR) is 85.1 cm³/mol. The van der Waals surface area contributed by atoms with Gasteiger partial charge in [-0.1, -0.05) is 47.5 Å². The van der Waals surface area contributed by atoms with Crippen LogP contribution in [0, 0.1) is 0 Å². The van der Waals surface area contributed by atoms with Crippen molar-refractivity contribution in [2.75, 3.05) is 0 Å². The number of amides is 1. The molecule has 1 N–H and O–H groups in total. The lowest BCUT2D eigenvalue weighted by Crippen LogP contribution is -2.25. The van der Waals surface area contributed by atoms with Crippen LogP contribution < -0.4 is 10.1 Å². The summed E-state index contributed by atoms with van der Waals surface area (Å²) in [5.74, 6) is -0.256. The Kier molecular flexibility index (Phi) is 6.19. The zero-order valence-corrected chi connectivity index (χ0v) is 13.4. The number of hydrogen-bond acceptors (Lipinski definition) is 2. The average molecular weight is 360 g/mol. The Hall–Kier alpha value is -1.85. The number of alkyl halides is 2. The highest BCUT2D eigenvalue weighted by Crippen LogP contribution is 2.22. The maximum absolute atomic E-state index is 12.3. The number of rotatable bonds is 6. The summed E-state index contributed by atoms with van der Waals surface area (Å²) in [5.41, 5.74) is 1.09. The van der Waals surface area contributed by atoms with Crippen molar-refractivity contribution in [3.63, 3.8) is 0 Å². The lowest BCUT2D eigenvalue weighted by atomic mass is 10.1. The molecule has 0 aliphatic carbocycles. The summed E-state index contributed by atoms with van der Waals surface area (Å²) >= 11 is 11.8. The van der Waals surface area contributed by atoms with Crippen LogP contribution in [0.1, 0.15) is 11.1 Å². The van der Waals surface area contributed by atoms with Gasteiger partial charge in [0.05, 0.1) is 6.42 Å². The molecule has 122 valence electrons. The van der Waals surface area contributed by atoms with E-state index in [-0.39, 0.29) is 24.6 Å². The normalized spacial score (nSPS) is 10.7. The van der Waals surface area contributed by atoms with Crippen molar-refractivity contribution < 1.29 is 18.3 Å². The van der Waals surface area contributed by atoms with Gasteiger partial charge in [-0.25, -0.2) is 0 Å². The summed E-state index contributed by atoms with van der Waals surface area (Å²) in [6, 6.07) is 11.1. The van der Waals surface area contributed by atoms with Gasteiger partial charge < -0.3 is 10.1 Å². The first-order valence-corrected chi connectivity index (χ1v) is 7.44. The first-order valence-electron chi connectivity index (χ1n) is 6.69. The molecule has 2 rings (SSSR count). The van der Waals surface area contributed by atoms with Gasteiger partial charge in [-0.2, -0.15) is 8.78 Å². The highest BCUT2D eigenvalue weighted by atomic mass is 35.5. The number of carbonyl (C=O) groups excluding carboxylic acids is 1. The molecular formula is C16H13Cl2F2NO2. The van der Waals surface area contributed by atoms with Crippen LogP contribution in [0.2, 0.25) is 10.0 Å². The van der Waals surface area contributed by atoms with Gasteiger partial charge >= 0.3 is 6.61 Å². The number of para-hydroxylation sites is 1. The van der Waals surface area contributed by atoms with Gasteiger partial charge in [-0.05, 0) is 23.8 Å². The quantitative estimate of drug-likeness (QED) is 0.827. The first-order chi connectivity index (χ1) is 11.0. The molecule has 0 heterocycles. The summed E-state index contributed by atoms with van der Waals surface area (Å²) in [4.78, 5) is 12.0. The van der Waals surface area contributed by atoms with Gasteiger partial charge in [0.1, 0.15) is 5.75 Å². The van der Waals surface area contributed by atoms with Gasteiger partial charge in [0.2, 0.25) is 5.91 Å². The van der Waals surface area contributed by atoms with Crippen molar-refractivity contribution in [3.8, 4) is 5.75 Å². The Bertz CT molecular complexity index is 696. The van der Waals surface area contributed by atoms with E-state index in [1.807, 2.05) is 0 Å². The van der Waals surface area contributed by atoms with Crippen LogP contribution in [-0.4, -0.2) is 12.5 Å². The zero-order valence-electron chi connectivity index (χ0n) is 11.9. The van der Waals surface area contributed by atoms with Crippen LogP contribution in [-0.2, 0) is 17.8 Å². The fraction of sp³-hybridized carbons (Fsp3) is 0.188. The van der Waals surface area contributed by atoms with E-state index in [4.69, 9.17) is 23.2 Å². The van der Waals surface area contributed by atoms with Crippen molar-refractivity contribution in [1.82, 2.24) is 5.32 Å². The molecule has 0 aliphatic rings. The second-order valence-electron chi connectivity index (χ2n) is 4.68. The number of hydrogen-bond donors (Lipinski definition) is 1. The maximum Gasteiger partial charge on any atom is 0.387 e. The van der Waals surface area contributed by atoms with Gasteiger partial charge in [-0.3, -0.25) is 4.79 Å². The summed E-state index contributed by atoms with van der Waals surface area (Å²) in [7, 11) is 0. The molecule has 0 aromatic heterocycles. The standard InChI is InChI=1S/C16H13Cl2F2NO2/c17-12-6-5-10(13(18)8-12)7-15(22)21-9-11-3-1-2-4-14(11)23-16(19)20/h1-6,8,16H,7,9H2,(H,21,22). The van der Waals surface area contributed by atoms with Crippen LogP contribution in [0.5, 0.6) is 5.75 Å². The summed E-state index contributed by atoms with van der Waals surface area (Å²) in [5, 5.41) is 3.53. The summed E-state index contributed by atoms with van der Waals surface area (Å²) in [6.07, 6.45) is 0.0634. The Balaban J connectivity index is 1.97. The molecule has 0 unspecified atom stereocenters. The second-order valence-corrected chi connectivity index (χ2v) is 5.52. The molecule has 23 heavy (non-hydrogen) atoms. The Morgan fingerprint density at radius 1 is 1.13 bits per heavy atom. The number of halogens is 4. The third-order valence-corrected chi connectivity index (χ3v) is 3.62. The van der Waals surface area contributed by atoms with Crippen molar-refractivity contribution in [2.45, 2.75) is 19.6 Å². The van der Waals surface area contributed by atoms with E-state index in [2.05, 4.69) is 10.1 Å². The third-order valence-electron chi connectivity index (χ3n) is 3.03. The average Bonchev–Trinajstić information content (AvgIpc) is 2.49. The van der Waals surface area contributed by atoms with Crippen LogP contribution >= 0.6 is 23.2 Å². The van der Waals surface area contributed by atoms with E-state index in [1.54, 1.807) is 36.4 Å². The molecule has 0 fully saturated rings. The molecule has 0 atom stereocenters. The minimum absolute atomic E-state index is 0.0346. The predicted octanol–water partition coefficient (Wildman–Crippen LogP) is 4.45. The molecule has 0 saturated carbocycles. The zero-order chi connectivity index (χ0) is 16.8. The van der Waals surface area contributed by atoms with Gasteiger partial charge in [0.25, 0.3) is 0 Å². The molecule has 0 aliphatic heterocycles. The van der Waals surface area contributed by atoms with E-state index >= 15 is 0 Å². The van der Waals surface area contributed by atoms with Crippen LogP contribution in [0.3, 0.4) is 0 Å². The van der Waals surface area contributed by atoms with Crippen molar-refractivity contribution in [2.24, 2.45) is 0 Å². The van der Waals surface area contributed by atoms with E-state index in [9.17, 15) is 13.6 Å². The topological polar surface area (TPSA) is 38.3 Å². The third kappa shape index (κ3) is 5.37. The number of nitrogens with one attached hydrogen (secondary N) is 1. The van der Waals surface area contributed by atoms with Gasteiger partial charge in [0.15, 0.2) is 0 Å². The summed E-state index contributed by atoms with van der Waals surface area (Å²) < 4.78 is 29.1. The van der Waals surface area contributed by atoms with E-state index < -0.39 is 6.61 Å². The fourth-order valence-corrected chi connectivity index (χ4v) is 2.43.